The maximum Gasteiger partial charge on any atom is 0.337 e. The van der Waals surface area contributed by atoms with E-state index in [1.165, 1.54) is 7.11 Å². The first-order valence-electron chi connectivity index (χ1n) is 11.8. The minimum Gasteiger partial charge on any atom is -0.504 e. The van der Waals surface area contributed by atoms with E-state index in [1.807, 2.05) is 12.1 Å². The van der Waals surface area contributed by atoms with Gasteiger partial charge in [0.25, 0.3) is 0 Å². The molecular weight excluding hydrogens is 424 g/mol. The molecule has 0 saturated carbocycles. The Morgan fingerprint density at radius 3 is 2.82 bits per heavy atom. The third-order valence-corrected chi connectivity index (χ3v) is 8.10. The van der Waals surface area contributed by atoms with Gasteiger partial charge < -0.3 is 29.0 Å². The molecule has 0 bridgehead atoms. The van der Waals surface area contributed by atoms with Gasteiger partial charge in [0.2, 0.25) is 0 Å². The largest absolute Gasteiger partial charge is 0.504 e. The van der Waals surface area contributed by atoms with Crippen molar-refractivity contribution in [2.24, 2.45) is 11.8 Å². The van der Waals surface area contributed by atoms with Crippen molar-refractivity contribution in [2.45, 2.75) is 43.6 Å². The fourth-order valence-electron chi connectivity index (χ4n) is 6.73. The second-order valence-corrected chi connectivity index (χ2v) is 9.34. The van der Waals surface area contributed by atoms with Gasteiger partial charge in [0, 0.05) is 18.8 Å². The predicted molar refractivity (Wildman–Crippen MR) is 122 cm³/mol. The number of esters is 1. The van der Waals surface area contributed by atoms with Gasteiger partial charge in [0.15, 0.2) is 5.72 Å². The van der Waals surface area contributed by atoms with E-state index < -0.39 is 11.3 Å². The first-order chi connectivity index (χ1) is 16.0. The highest BCUT2D eigenvalue weighted by molar-refractivity contribution is 5.88. The van der Waals surface area contributed by atoms with E-state index in [9.17, 15) is 4.79 Å². The molecule has 1 unspecified atom stereocenters. The van der Waals surface area contributed by atoms with Crippen LogP contribution < -0.4 is 10.1 Å². The molecule has 33 heavy (non-hydrogen) atoms. The van der Waals surface area contributed by atoms with Crippen LogP contribution in [-0.2, 0) is 29.3 Å². The van der Waals surface area contributed by atoms with Crippen LogP contribution in [0.1, 0.15) is 31.7 Å². The molecule has 0 aromatic heterocycles. The van der Waals surface area contributed by atoms with Crippen molar-refractivity contribution < 1.29 is 28.5 Å². The zero-order valence-electron chi connectivity index (χ0n) is 19.9. The van der Waals surface area contributed by atoms with E-state index in [2.05, 4.69) is 23.2 Å². The standard InChI is InChI=1S/C25H34N2O6/c1-5-16-14-27-10-9-24-22-19(7-6-8-20(22)30-3)26-25(24,33-12-11-32-24)21(27)13-17(16)18(15-29-2)23(28)31-4/h6-8,15-17,21,26H,5,9-14H2,1-4H3/b18-15+/t16?,17-,21-,24-,25-/m0/s1. The van der Waals surface area contributed by atoms with Crippen LogP contribution in [0.25, 0.3) is 0 Å². The van der Waals surface area contributed by atoms with Gasteiger partial charge in [-0.05, 0) is 36.8 Å². The summed E-state index contributed by atoms with van der Waals surface area (Å²) in [4.78, 5) is 15.2. The van der Waals surface area contributed by atoms with Crippen LogP contribution in [0.3, 0.4) is 0 Å². The second kappa shape index (κ2) is 8.49. The highest BCUT2D eigenvalue weighted by Gasteiger charge is 2.70. The lowest BCUT2D eigenvalue weighted by Crippen LogP contribution is -2.75. The number of anilines is 1. The van der Waals surface area contributed by atoms with Gasteiger partial charge in [-0.25, -0.2) is 4.79 Å². The maximum atomic E-state index is 12.7. The first kappa shape index (κ1) is 22.5. The molecule has 1 N–H and O–H groups in total. The lowest BCUT2D eigenvalue weighted by atomic mass is 9.67. The molecule has 3 saturated heterocycles. The minimum atomic E-state index is -0.758. The summed E-state index contributed by atoms with van der Waals surface area (Å²) in [5.41, 5.74) is 1.22. The fourth-order valence-corrected chi connectivity index (χ4v) is 6.73. The molecule has 4 aliphatic rings. The summed E-state index contributed by atoms with van der Waals surface area (Å²) >= 11 is 0. The number of benzene rings is 1. The van der Waals surface area contributed by atoms with Crippen LogP contribution in [-0.4, -0.2) is 70.3 Å². The summed E-state index contributed by atoms with van der Waals surface area (Å²) < 4.78 is 29.5. The number of piperidine rings is 2. The lowest BCUT2D eigenvalue weighted by molar-refractivity contribution is -0.297. The van der Waals surface area contributed by atoms with Gasteiger partial charge in [-0.1, -0.05) is 19.4 Å². The van der Waals surface area contributed by atoms with E-state index in [0.717, 1.165) is 49.4 Å². The smallest absolute Gasteiger partial charge is 0.337 e. The number of methoxy groups -OCH3 is 3. The summed E-state index contributed by atoms with van der Waals surface area (Å²) in [6.45, 7) is 4.99. The van der Waals surface area contributed by atoms with Crippen LogP contribution in [0, 0.1) is 11.8 Å². The Labute approximate surface area is 195 Å². The number of fused-ring (bicyclic) bond motifs is 2. The molecule has 0 spiro atoms. The Morgan fingerprint density at radius 2 is 2.09 bits per heavy atom. The van der Waals surface area contributed by atoms with Crippen molar-refractivity contribution >= 4 is 11.7 Å². The van der Waals surface area contributed by atoms with Crippen molar-refractivity contribution in [2.75, 3.05) is 52.9 Å². The van der Waals surface area contributed by atoms with E-state index in [1.54, 1.807) is 20.5 Å². The number of ether oxygens (including phenoxy) is 5. The topological polar surface area (TPSA) is 78.5 Å². The average Bonchev–Trinajstić information content (AvgIpc) is 3.18. The molecule has 1 aromatic rings. The summed E-state index contributed by atoms with van der Waals surface area (Å²) in [6.07, 6.45) is 4.06. The maximum absolute atomic E-state index is 12.7. The van der Waals surface area contributed by atoms with Gasteiger partial charge in [0.05, 0.1) is 58.0 Å². The van der Waals surface area contributed by atoms with Gasteiger partial charge in [-0.15, -0.1) is 0 Å². The Morgan fingerprint density at radius 1 is 1.27 bits per heavy atom. The third kappa shape index (κ3) is 3.11. The third-order valence-electron chi connectivity index (χ3n) is 8.10. The van der Waals surface area contributed by atoms with E-state index in [-0.39, 0.29) is 17.9 Å². The molecule has 8 heteroatoms. The molecule has 0 radical (unpaired) electrons. The monoisotopic (exact) mass is 458 g/mol. The Kier molecular flexibility index (Phi) is 5.79. The Bertz CT molecular complexity index is 951. The fraction of sp³-hybridized carbons (Fsp3) is 0.640. The number of rotatable bonds is 5. The summed E-state index contributed by atoms with van der Waals surface area (Å²) in [5.74, 6) is 0.785. The van der Waals surface area contributed by atoms with Gasteiger partial charge >= 0.3 is 5.97 Å². The predicted octanol–water partition coefficient (Wildman–Crippen LogP) is 2.88. The SMILES string of the molecule is CCC1CN2CC[C@@]34OCCO[C@@]3(Nc3cccc(OC)c34)[C@@H]2C[C@@H]1/C(=C\OC)C(=O)OC. The Hall–Kier alpha value is -2.29. The van der Waals surface area contributed by atoms with Crippen molar-refractivity contribution in [1.29, 1.82) is 0 Å². The van der Waals surface area contributed by atoms with E-state index in [4.69, 9.17) is 23.7 Å². The average molecular weight is 459 g/mol. The summed E-state index contributed by atoms with van der Waals surface area (Å²) in [6, 6.07) is 6.05. The summed E-state index contributed by atoms with van der Waals surface area (Å²) in [5, 5.41) is 3.75. The van der Waals surface area contributed by atoms with E-state index in [0.29, 0.717) is 24.7 Å². The quantitative estimate of drug-likeness (QED) is 0.410. The molecule has 5 atom stereocenters. The first-order valence-corrected chi connectivity index (χ1v) is 11.8. The molecule has 0 amide bonds. The number of nitrogens with one attached hydrogen (secondary N) is 1. The van der Waals surface area contributed by atoms with Crippen LogP contribution in [0.15, 0.2) is 30.0 Å². The van der Waals surface area contributed by atoms with Gasteiger partial charge in [-0.3, -0.25) is 4.90 Å². The molecule has 3 fully saturated rings. The number of nitrogens with zero attached hydrogens (tertiary/aromatic N) is 1. The van der Waals surface area contributed by atoms with Crippen LogP contribution >= 0.6 is 0 Å². The number of hydrogen-bond acceptors (Lipinski definition) is 8. The molecule has 0 aliphatic carbocycles. The molecule has 4 aliphatic heterocycles. The molecule has 180 valence electrons. The minimum absolute atomic E-state index is 0.00127. The van der Waals surface area contributed by atoms with Crippen molar-refractivity contribution in [3.63, 3.8) is 0 Å². The number of carbonyl (C=O) groups is 1. The molecule has 5 rings (SSSR count). The molecular formula is C25H34N2O6. The highest BCUT2D eigenvalue weighted by Crippen LogP contribution is 2.61. The lowest BCUT2D eigenvalue weighted by Gasteiger charge is -2.61. The second-order valence-electron chi connectivity index (χ2n) is 9.34. The zero-order valence-corrected chi connectivity index (χ0v) is 19.9. The normalized spacial score (nSPS) is 35.4. The molecule has 1 aromatic carbocycles. The number of carbonyl (C=O) groups excluding carboxylic acids is 1. The van der Waals surface area contributed by atoms with Crippen LogP contribution in [0.5, 0.6) is 5.75 Å². The molecule has 4 heterocycles. The number of hydrogen-bond donors (Lipinski definition) is 1. The Balaban J connectivity index is 1.60. The van der Waals surface area contributed by atoms with Gasteiger partial charge in [-0.2, -0.15) is 0 Å². The van der Waals surface area contributed by atoms with Gasteiger partial charge in [0.1, 0.15) is 11.4 Å². The zero-order chi connectivity index (χ0) is 23.2. The van der Waals surface area contributed by atoms with E-state index >= 15 is 0 Å². The highest BCUT2D eigenvalue weighted by atomic mass is 16.6. The van der Waals surface area contributed by atoms with Crippen molar-refractivity contribution in [3.05, 3.63) is 35.6 Å². The molecule has 8 nitrogen and oxygen atoms in total. The van der Waals surface area contributed by atoms with Crippen LogP contribution in [0.4, 0.5) is 5.69 Å². The summed E-state index contributed by atoms with van der Waals surface area (Å²) in [7, 11) is 4.69. The van der Waals surface area contributed by atoms with Crippen LogP contribution in [0.2, 0.25) is 0 Å². The van der Waals surface area contributed by atoms with Crippen molar-refractivity contribution in [3.8, 4) is 5.75 Å². The van der Waals surface area contributed by atoms with Crippen molar-refractivity contribution in [1.82, 2.24) is 4.90 Å².